The Kier molecular flexibility index (Phi) is 15.8. The molecule has 4 saturated heterocycles. The second kappa shape index (κ2) is 22.9. The normalized spacial score (nSPS) is 28.4. The summed E-state index contributed by atoms with van der Waals surface area (Å²) < 4.78 is 43.0. The maximum absolute atomic E-state index is 6.72. The minimum atomic E-state index is -0.699. The molecule has 0 unspecified atom stereocenters. The molecule has 6 N–H and O–H groups in total. The molecule has 6 aliphatic rings. The quantitative estimate of drug-likeness (QED) is 0.0701. The van der Waals surface area contributed by atoms with E-state index in [2.05, 4.69) is 155 Å². The molecule has 2 aromatic carbocycles. The zero-order valence-corrected chi connectivity index (χ0v) is 53.9. The molecular formula is C66H92N16O6. The Morgan fingerprint density at radius 1 is 0.557 bits per heavy atom. The van der Waals surface area contributed by atoms with Crippen LogP contribution in [0.5, 0.6) is 0 Å². The van der Waals surface area contributed by atoms with E-state index < -0.39 is 24.0 Å². The number of aromatic nitrogens is 12. The highest BCUT2D eigenvalue weighted by atomic mass is 16.8. The summed E-state index contributed by atoms with van der Waals surface area (Å²) in [5.41, 5.74) is 21.8. The monoisotopic (exact) mass is 1200 g/mol. The van der Waals surface area contributed by atoms with Gasteiger partial charge in [0.25, 0.3) is 0 Å². The first-order valence-corrected chi connectivity index (χ1v) is 32.1. The zero-order valence-electron chi connectivity index (χ0n) is 53.9. The van der Waals surface area contributed by atoms with Crippen molar-refractivity contribution in [2.75, 3.05) is 24.6 Å². The molecule has 22 heteroatoms. The minimum absolute atomic E-state index is 0.124. The van der Waals surface area contributed by atoms with Crippen LogP contribution in [-0.2, 0) is 52.1 Å². The number of hydrogen-bond acceptors (Lipinski definition) is 18. The number of hydrogen-bond donors (Lipinski definition) is 4. The number of rotatable bonds is 16. The average Bonchev–Trinajstić information content (AvgIpc) is 1.67. The number of fused-ring (bicyclic) bond motifs is 6. The highest BCUT2D eigenvalue weighted by Gasteiger charge is 2.58. The number of imidazole rings is 4. The summed E-state index contributed by atoms with van der Waals surface area (Å²) in [6.45, 7) is 32.0. The van der Waals surface area contributed by atoms with Crippen LogP contribution >= 0.6 is 0 Å². The smallest absolute Gasteiger partial charge is 0.167 e. The molecule has 14 rings (SSSR count). The summed E-state index contributed by atoms with van der Waals surface area (Å²) in [6, 6.07) is 15.0. The van der Waals surface area contributed by atoms with Gasteiger partial charge in [-0.3, -0.25) is 18.9 Å². The number of anilines is 2. The van der Waals surface area contributed by atoms with Crippen molar-refractivity contribution in [3.8, 4) is 0 Å². The number of aromatic amines is 2. The molecule has 2 aliphatic carbocycles. The Labute approximate surface area is 516 Å². The van der Waals surface area contributed by atoms with Crippen molar-refractivity contribution in [3.63, 3.8) is 0 Å². The van der Waals surface area contributed by atoms with Gasteiger partial charge in [0.1, 0.15) is 72.0 Å². The van der Waals surface area contributed by atoms with Crippen LogP contribution in [0.3, 0.4) is 0 Å². The van der Waals surface area contributed by atoms with E-state index >= 15 is 0 Å². The molecule has 0 spiro atoms. The molecule has 6 fully saturated rings. The van der Waals surface area contributed by atoms with E-state index in [0.29, 0.717) is 70.0 Å². The van der Waals surface area contributed by atoms with E-state index in [1.807, 2.05) is 36.8 Å². The lowest BCUT2D eigenvalue weighted by atomic mass is 9.76. The number of aryl methyl sites for hydroxylation is 2. The summed E-state index contributed by atoms with van der Waals surface area (Å²) in [5, 5.41) is 0. The van der Waals surface area contributed by atoms with Crippen LogP contribution in [0, 0.1) is 11.8 Å². The van der Waals surface area contributed by atoms with Crippen LogP contribution in [0.2, 0.25) is 0 Å². The second-order valence-corrected chi connectivity index (χ2v) is 29.4. The molecule has 6 aromatic heterocycles. The number of ether oxygens (including phenoxy) is 6. The van der Waals surface area contributed by atoms with E-state index in [1.54, 1.807) is 12.7 Å². The van der Waals surface area contributed by atoms with Crippen LogP contribution in [-0.4, -0.2) is 154 Å². The lowest BCUT2D eigenvalue weighted by Crippen LogP contribution is -2.52. The van der Waals surface area contributed by atoms with Crippen LogP contribution in [0.15, 0.2) is 61.7 Å². The van der Waals surface area contributed by atoms with E-state index in [0.717, 1.165) is 72.5 Å². The number of nitrogen functional groups attached to an aromatic ring is 2. The number of nitrogens with one attached hydrogen (secondary N) is 2. The fraction of sp³-hybridized carbons (Fsp3) is 0.636. The molecule has 0 radical (unpaired) electrons. The van der Waals surface area contributed by atoms with Gasteiger partial charge in [0.2, 0.25) is 0 Å². The SMILES string of the molecule is CC(C)N(C[C@H]1O[C@@H](n2cnc3c(N)ncnc32)[C@@H]2OC(C)(C)O[C@@H]21)C1CC(CCc2nc3ccc(C(C)(C)C)cc3[nH]2)C1.CC(C)N(C[C@H]1O[C@@H](n2cnc3c(N)ncnc32)[C@@H]2OC(C)(C)O[C@@H]21)C1CC(CCc2nc3ccc(C(C)(C)C)cc3[nH]2)C1. The third-order valence-electron chi connectivity index (χ3n) is 19.4. The molecule has 10 heterocycles. The molecule has 472 valence electrons. The molecule has 4 aliphatic heterocycles. The number of benzene rings is 2. The number of H-pyrrole nitrogens is 2. The first-order valence-electron chi connectivity index (χ1n) is 32.1. The predicted molar refractivity (Wildman–Crippen MR) is 338 cm³/mol. The Morgan fingerprint density at radius 2 is 0.943 bits per heavy atom. The van der Waals surface area contributed by atoms with Crippen molar-refractivity contribution in [1.29, 1.82) is 0 Å². The first-order chi connectivity index (χ1) is 41.7. The summed E-state index contributed by atoms with van der Waals surface area (Å²) >= 11 is 0. The lowest BCUT2D eigenvalue weighted by Gasteiger charge is -2.46. The van der Waals surface area contributed by atoms with Crippen molar-refractivity contribution in [2.45, 2.75) is 244 Å². The first kappa shape index (κ1) is 60.7. The van der Waals surface area contributed by atoms with Gasteiger partial charge >= 0.3 is 0 Å². The van der Waals surface area contributed by atoms with Crippen molar-refractivity contribution in [3.05, 3.63) is 84.5 Å². The maximum Gasteiger partial charge on any atom is 0.167 e. The molecule has 2 saturated carbocycles. The molecule has 22 nitrogen and oxygen atoms in total. The highest BCUT2D eigenvalue weighted by Crippen LogP contribution is 2.48. The molecule has 8 aromatic rings. The van der Waals surface area contributed by atoms with Gasteiger partial charge in [-0.25, -0.2) is 39.9 Å². The largest absolute Gasteiger partial charge is 0.382 e. The fourth-order valence-electron chi connectivity index (χ4n) is 14.5. The summed E-state index contributed by atoms with van der Waals surface area (Å²) in [5.74, 6) is 2.87. The highest BCUT2D eigenvalue weighted by molar-refractivity contribution is 5.82. The molecule has 0 bridgehead atoms. The molecule has 88 heavy (non-hydrogen) atoms. The summed E-state index contributed by atoms with van der Waals surface area (Å²) in [4.78, 5) is 48.1. The van der Waals surface area contributed by atoms with Gasteiger partial charge in [0.15, 0.2) is 47.0 Å². The molecular weight excluding hydrogens is 1110 g/mol. The Hall–Kier alpha value is -6.24. The van der Waals surface area contributed by atoms with Gasteiger partial charge in [-0.15, -0.1) is 0 Å². The maximum atomic E-state index is 6.72. The van der Waals surface area contributed by atoms with Crippen LogP contribution in [0.25, 0.3) is 44.4 Å². The van der Waals surface area contributed by atoms with Gasteiger partial charge in [-0.2, -0.15) is 0 Å². The van der Waals surface area contributed by atoms with Gasteiger partial charge in [0, 0.05) is 50.1 Å². The topological polar surface area (TPSA) is 258 Å². The second-order valence-electron chi connectivity index (χ2n) is 29.4. The van der Waals surface area contributed by atoms with Gasteiger partial charge in [0.05, 0.1) is 34.7 Å². The summed E-state index contributed by atoms with van der Waals surface area (Å²) in [7, 11) is 0. The van der Waals surface area contributed by atoms with Gasteiger partial charge in [-0.05, 0) is 152 Å². The Balaban J connectivity index is 0.000000162. The number of nitrogens with two attached hydrogens (primary N) is 2. The van der Waals surface area contributed by atoms with Gasteiger partial charge in [-0.1, -0.05) is 53.7 Å². The van der Waals surface area contributed by atoms with E-state index in [9.17, 15) is 0 Å². The van der Waals surface area contributed by atoms with E-state index in [1.165, 1.54) is 49.5 Å². The van der Waals surface area contributed by atoms with Crippen LogP contribution < -0.4 is 11.5 Å². The van der Waals surface area contributed by atoms with Crippen molar-refractivity contribution >= 4 is 56.0 Å². The predicted octanol–water partition coefficient (Wildman–Crippen LogP) is 10.2. The average molecular weight is 1210 g/mol. The van der Waals surface area contributed by atoms with Crippen LogP contribution in [0.1, 0.15) is 171 Å². The fourth-order valence-corrected chi connectivity index (χ4v) is 14.5. The standard InChI is InChI=1S/2C33H46N8O3/c2*1-18(2)40(21-12-19(13-21)8-11-25-38-22-10-9-20(32(3,4)5)14-23(22)39-25)15-24-27-28(44-33(6,7)43-27)31(42-24)41-17-37-26-29(34)35-16-36-30(26)41/h2*9-10,14,16-19,21,24,27-28,31H,8,11-13,15H2,1-7H3,(H,38,39)(H2,34,35,36)/t2*19?,21?,24-,27-,28-,31-/m11/s1. The lowest BCUT2D eigenvalue weighted by molar-refractivity contribution is -0.199. The summed E-state index contributed by atoms with van der Waals surface area (Å²) in [6.07, 6.45) is 13.2. The van der Waals surface area contributed by atoms with Crippen molar-refractivity contribution < 1.29 is 28.4 Å². The van der Waals surface area contributed by atoms with E-state index in [-0.39, 0.29) is 47.5 Å². The molecule has 8 atom stereocenters. The van der Waals surface area contributed by atoms with Crippen LogP contribution in [0.4, 0.5) is 11.6 Å². The third kappa shape index (κ3) is 11.9. The third-order valence-corrected chi connectivity index (χ3v) is 19.4. The van der Waals surface area contributed by atoms with Crippen molar-refractivity contribution in [1.82, 2.24) is 68.8 Å². The minimum Gasteiger partial charge on any atom is -0.382 e. The Morgan fingerprint density at radius 3 is 1.32 bits per heavy atom. The zero-order chi connectivity index (χ0) is 61.9. The van der Waals surface area contributed by atoms with Crippen molar-refractivity contribution in [2.24, 2.45) is 11.8 Å². The Bertz CT molecular complexity index is 3540. The van der Waals surface area contributed by atoms with Gasteiger partial charge < -0.3 is 49.9 Å². The number of nitrogens with zero attached hydrogens (tertiary/aromatic N) is 12. The van der Waals surface area contributed by atoms with E-state index in [4.69, 9.17) is 49.9 Å². The molecule has 0 amide bonds.